The van der Waals surface area contributed by atoms with Crippen LogP contribution in [0.3, 0.4) is 0 Å². The number of hydrogen-bond acceptors (Lipinski definition) is 3. The number of rotatable bonds is 2. The molecular formula is C15H13Cl2NO2. The zero-order chi connectivity index (χ0) is 14.1. The Balaban J connectivity index is 1.98. The van der Waals surface area contributed by atoms with Gasteiger partial charge in [0.25, 0.3) is 0 Å². The Bertz CT molecular complexity index is 646. The highest BCUT2D eigenvalue weighted by atomic mass is 35.5. The van der Waals surface area contributed by atoms with E-state index in [4.69, 9.17) is 38.4 Å². The molecule has 1 atom stereocenters. The molecule has 0 aliphatic carbocycles. The van der Waals surface area contributed by atoms with Crippen LogP contribution in [-0.4, -0.2) is 13.2 Å². The lowest BCUT2D eigenvalue weighted by Gasteiger charge is -2.21. The molecule has 2 N–H and O–H groups in total. The lowest BCUT2D eigenvalue weighted by atomic mass is 9.99. The van der Waals surface area contributed by atoms with Crippen molar-refractivity contribution < 1.29 is 9.47 Å². The molecule has 3 nitrogen and oxygen atoms in total. The number of benzene rings is 2. The summed E-state index contributed by atoms with van der Waals surface area (Å²) in [5, 5.41) is 0.980. The number of halogens is 2. The summed E-state index contributed by atoms with van der Waals surface area (Å²) in [5.74, 6) is 1.45. The van der Waals surface area contributed by atoms with Crippen molar-refractivity contribution in [2.45, 2.75) is 6.04 Å². The number of fused-ring (bicyclic) bond motifs is 1. The summed E-state index contributed by atoms with van der Waals surface area (Å²) in [4.78, 5) is 0. The maximum atomic E-state index is 6.28. The Morgan fingerprint density at radius 2 is 1.75 bits per heavy atom. The van der Waals surface area contributed by atoms with Gasteiger partial charge in [-0.3, -0.25) is 0 Å². The smallest absolute Gasteiger partial charge is 0.161 e. The van der Waals surface area contributed by atoms with E-state index in [0.717, 1.165) is 16.9 Å². The van der Waals surface area contributed by atoms with Crippen LogP contribution in [0.5, 0.6) is 11.5 Å². The standard InChI is InChI=1S/C15H13Cl2NO2/c16-11-3-1-2-10(14(11)17)15(18)9-4-5-12-13(8-9)20-7-6-19-12/h1-5,8,15H,6-7,18H2. The molecule has 1 aliphatic heterocycles. The van der Waals surface area contributed by atoms with Crippen LogP contribution >= 0.6 is 23.2 Å². The van der Waals surface area contributed by atoms with Crippen LogP contribution in [0.25, 0.3) is 0 Å². The predicted molar refractivity (Wildman–Crippen MR) is 79.9 cm³/mol. The molecule has 0 radical (unpaired) electrons. The lowest BCUT2D eigenvalue weighted by Crippen LogP contribution is -2.17. The number of hydrogen-bond donors (Lipinski definition) is 1. The first kappa shape index (κ1) is 13.6. The Hall–Kier alpha value is -1.42. The zero-order valence-corrected chi connectivity index (χ0v) is 12.1. The molecule has 1 aliphatic rings. The summed E-state index contributed by atoms with van der Waals surface area (Å²) in [6.45, 7) is 1.11. The van der Waals surface area contributed by atoms with Gasteiger partial charge < -0.3 is 15.2 Å². The fourth-order valence-electron chi connectivity index (χ4n) is 2.19. The van der Waals surface area contributed by atoms with Crippen molar-refractivity contribution in [2.24, 2.45) is 5.73 Å². The van der Waals surface area contributed by atoms with Crippen molar-refractivity contribution >= 4 is 23.2 Å². The largest absolute Gasteiger partial charge is 0.486 e. The third kappa shape index (κ3) is 2.44. The van der Waals surface area contributed by atoms with E-state index in [1.54, 1.807) is 6.07 Å². The summed E-state index contributed by atoms with van der Waals surface area (Å²) in [7, 11) is 0. The Morgan fingerprint density at radius 1 is 1.00 bits per heavy atom. The van der Waals surface area contributed by atoms with Gasteiger partial charge in [-0.05, 0) is 29.3 Å². The van der Waals surface area contributed by atoms with Gasteiger partial charge in [-0.2, -0.15) is 0 Å². The van der Waals surface area contributed by atoms with Gasteiger partial charge in [0.2, 0.25) is 0 Å². The van der Waals surface area contributed by atoms with E-state index < -0.39 is 0 Å². The predicted octanol–water partition coefficient (Wildman–Crippen LogP) is 3.81. The highest BCUT2D eigenvalue weighted by Crippen LogP contribution is 2.36. The molecule has 2 aromatic carbocycles. The lowest BCUT2D eigenvalue weighted by molar-refractivity contribution is 0.171. The Labute approximate surface area is 127 Å². The third-order valence-corrected chi connectivity index (χ3v) is 4.08. The van der Waals surface area contributed by atoms with Crippen molar-refractivity contribution in [3.8, 4) is 11.5 Å². The van der Waals surface area contributed by atoms with E-state index in [2.05, 4.69) is 0 Å². The molecule has 0 bridgehead atoms. The summed E-state index contributed by atoms with van der Waals surface area (Å²) in [6.07, 6.45) is 0. The minimum Gasteiger partial charge on any atom is -0.486 e. The molecule has 0 spiro atoms. The van der Waals surface area contributed by atoms with Crippen molar-refractivity contribution in [1.82, 2.24) is 0 Å². The van der Waals surface area contributed by atoms with Gasteiger partial charge in [0.1, 0.15) is 13.2 Å². The fourth-order valence-corrected chi connectivity index (χ4v) is 2.62. The molecule has 0 fully saturated rings. The van der Waals surface area contributed by atoms with Gasteiger partial charge in [-0.25, -0.2) is 0 Å². The zero-order valence-electron chi connectivity index (χ0n) is 10.6. The molecule has 2 aromatic rings. The van der Waals surface area contributed by atoms with Crippen LogP contribution in [0.2, 0.25) is 10.0 Å². The summed E-state index contributed by atoms with van der Waals surface area (Å²) >= 11 is 12.2. The molecule has 0 aromatic heterocycles. The van der Waals surface area contributed by atoms with Crippen LogP contribution in [0.15, 0.2) is 36.4 Å². The van der Waals surface area contributed by atoms with E-state index in [0.29, 0.717) is 29.0 Å². The van der Waals surface area contributed by atoms with Gasteiger partial charge in [0.15, 0.2) is 11.5 Å². The maximum Gasteiger partial charge on any atom is 0.161 e. The summed E-state index contributed by atoms with van der Waals surface area (Å²) in [5.41, 5.74) is 7.97. The molecule has 20 heavy (non-hydrogen) atoms. The Kier molecular flexibility index (Phi) is 3.74. The van der Waals surface area contributed by atoms with Crippen LogP contribution < -0.4 is 15.2 Å². The number of ether oxygens (including phenoxy) is 2. The van der Waals surface area contributed by atoms with Crippen molar-refractivity contribution in [1.29, 1.82) is 0 Å². The van der Waals surface area contributed by atoms with E-state index in [1.165, 1.54) is 0 Å². The highest BCUT2D eigenvalue weighted by Gasteiger charge is 2.18. The third-order valence-electron chi connectivity index (χ3n) is 3.24. The molecule has 104 valence electrons. The van der Waals surface area contributed by atoms with E-state index in [9.17, 15) is 0 Å². The van der Waals surface area contributed by atoms with Gasteiger partial charge in [-0.1, -0.05) is 41.4 Å². The topological polar surface area (TPSA) is 44.5 Å². The normalized spacial score (nSPS) is 14.9. The van der Waals surface area contributed by atoms with E-state index >= 15 is 0 Å². The van der Waals surface area contributed by atoms with Gasteiger partial charge in [-0.15, -0.1) is 0 Å². The maximum absolute atomic E-state index is 6.28. The molecule has 5 heteroatoms. The first-order valence-corrected chi connectivity index (χ1v) is 7.01. The molecule has 0 amide bonds. The molecule has 0 saturated carbocycles. The van der Waals surface area contributed by atoms with Crippen LogP contribution in [0, 0.1) is 0 Å². The van der Waals surface area contributed by atoms with Gasteiger partial charge >= 0.3 is 0 Å². The van der Waals surface area contributed by atoms with E-state index in [-0.39, 0.29) is 6.04 Å². The fraction of sp³-hybridized carbons (Fsp3) is 0.200. The molecule has 3 rings (SSSR count). The second kappa shape index (κ2) is 5.52. The van der Waals surface area contributed by atoms with E-state index in [1.807, 2.05) is 30.3 Å². The quantitative estimate of drug-likeness (QED) is 0.917. The van der Waals surface area contributed by atoms with Crippen LogP contribution in [0.4, 0.5) is 0 Å². The summed E-state index contributed by atoms with van der Waals surface area (Å²) in [6, 6.07) is 10.7. The highest BCUT2D eigenvalue weighted by molar-refractivity contribution is 6.42. The molecule has 1 heterocycles. The summed E-state index contributed by atoms with van der Waals surface area (Å²) < 4.78 is 11.1. The average Bonchev–Trinajstić information content (AvgIpc) is 2.49. The number of nitrogens with two attached hydrogens (primary N) is 1. The van der Waals surface area contributed by atoms with Gasteiger partial charge in [0, 0.05) is 0 Å². The monoisotopic (exact) mass is 309 g/mol. The van der Waals surface area contributed by atoms with Crippen molar-refractivity contribution in [2.75, 3.05) is 13.2 Å². The minimum atomic E-state index is -0.364. The average molecular weight is 310 g/mol. The van der Waals surface area contributed by atoms with Crippen molar-refractivity contribution in [3.05, 3.63) is 57.6 Å². The van der Waals surface area contributed by atoms with Crippen molar-refractivity contribution in [3.63, 3.8) is 0 Å². The molecule has 1 unspecified atom stereocenters. The minimum absolute atomic E-state index is 0.364. The first-order valence-electron chi connectivity index (χ1n) is 6.26. The first-order chi connectivity index (χ1) is 9.66. The Morgan fingerprint density at radius 3 is 2.55 bits per heavy atom. The second-order valence-corrected chi connectivity index (χ2v) is 5.31. The van der Waals surface area contributed by atoms with Gasteiger partial charge in [0.05, 0.1) is 16.1 Å². The van der Waals surface area contributed by atoms with Crippen LogP contribution in [0.1, 0.15) is 17.2 Å². The second-order valence-electron chi connectivity index (χ2n) is 4.52. The molecule has 0 saturated heterocycles. The molecular weight excluding hydrogens is 297 g/mol. The van der Waals surface area contributed by atoms with Crippen LogP contribution in [-0.2, 0) is 0 Å². The SMILES string of the molecule is NC(c1ccc2c(c1)OCCO2)c1cccc(Cl)c1Cl.